The molecule has 1 saturated carbocycles. The van der Waals surface area contributed by atoms with E-state index in [9.17, 15) is 9.90 Å². The second-order valence-electron chi connectivity index (χ2n) is 6.58. The lowest BCUT2D eigenvalue weighted by Gasteiger charge is -2.45. The topological polar surface area (TPSA) is 61.8 Å². The number of likely N-dealkylation sites (tertiary alicyclic amines) is 1. The van der Waals surface area contributed by atoms with Crippen molar-refractivity contribution in [3.8, 4) is 0 Å². The number of aliphatic carboxylic acids is 1. The van der Waals surface area contributed by atoms with Crippen LogP contribution in [0.1, 0.15) is 45.4 Å². The summed E-state index contributed by atoms with van der Waals surface area (Å²) in [6.07, 6.45) is 6.72. The molecule has 5 nitrogen and oxygen atoms in total. The number of carbonyl (C=O) groups is 1. The highest BCUT2D eigenvalue weighted by atomic mass is 16.5. The van der Waals surface area contributed by atoms with Crippen LogP contribution >= 0.6 is 0 Å². The van der Waals surface area contributed by atoms with Crippen LogP contribution in [0.4, 0.5) is 0 Å². The van der Waals surface area contributed by atoms with Gasteiger partial charge in [0.25, 0.3) is 0 Å². The van der Waals surface area contributed by atoms with Crippen molar-refractivity contribution >= 4 is 5.97 Å². The molecule has 0 spiro atoms. The fourth-order valence-electron chi connectivity index (χ4n) is 4.27. The second-order valence-corrected chi connectivity index (χ2v) is 6.58. The maximum Gasteiger partial charge on any atom is 0.323 e. The Hall–Kier alpha value is -0.650. The van der Waals surface area contributed by atoms with E-state index >= 15 is 0 Å². The summed E-state index contributed by atoms with van der Waals surface area (Å²) in [6, 6.07) is 0.394. The zero-order chi connectivity index (χ0) is 14.2. The third-order valence-electron chi connectivity index (χ3n) is 5.24. The molecule has 4 unspecified atom stereocenters. The first-order valence-electron chi connectivity index (χ1n) is 8.01. The summed E-state index contributed by atoms with van der Waals surface area (Å²) in [7, 11) is 0. The molecule has 2 saturated heterocycles. The summed E-state index contributed by atoms with van der Waals surface area (Å²) < 4.78 is 5.89. The monoisotopic (exact) mass is 282 g/mol. The summed E-state index contributed by atoms with van der Waals surface area (Å²) in [4.78, 5) is 14.2. The van der Waals surface area contributed by atoms with Crippen LogP contribution < -0.4 is 5.32 Å². The molecule has 114 valence electrons. The van der Waals surface area contributed by atoms with Crippen LogP contribution in [0.5, 0.6) is 0 Å². The minimum Gasteiger partial charge on any atom is -0.480 e. The SMILES string of the molecule is CCNC1(C(=O)O)CCCC(N2CC3CCC(C2)O3)C1. The summed E-state index contributed by atoms with van der Waals surface area (Å²) in [5.74, 6) is -0.680. The second kappa shape index (κ2) is 5.62. The van der Waals surface area contributed by atoms with Gasteiger partial charge in [0.15, 0.2) is 0 Å². The number of morpholine rings is 1. The van der Waals surface area contributed by atoms with Gasteiger partial charge in [-0.2, -0.15) is 0 Å². The van der Waals surface area contributed by atoms with Crippen molar-refractivity contribution < 1.29 is 14.6 Å². The first-order chi connectivity index (χ1) is 9.63. The lowest BCUT2D eigenvalue weighted by molar-refractivity contribution is -0.148. The Morgan fingerprint density at radius 2 is 2.05 bits per heavy atom. The molecule has 3 aliphatic rings. The third-order valence-corrected chi connectivity index (χ3v) is 5.24. The predicted molar refractivity (Wildman–Crippen MR) is 75.8 cm³/mol. The maximum absolute atomic E-state index is 11.7. The molecule has 4 atom stereocenters. The Morgan fingerprint density at radius 1 is 1.35 bits per heavy atom. The number of likely N-dealkylation sites (N-methyl/N-ethyl adjacent to an activating group) is 1. The molecule has 0 aromatic carbocycles. The predicted octanol–water partition coefficient (Wildman–Crippen LogP) is 1.23. The molecule has 2 aliphatic heterocycles. The van der Waals surface area contributed by atoms with Crippen LogP contribution in [0.25, 0.3) is 0 Å². The van der Waals surface area contributed by atoms with Gasteiger partial charge in [-0.1, -0.05) is 6.92 Å². The molecule has 0 aromatic heterocycles. The van der Waals surface area contributed by atoms with Crippen LogP contribution in [-0.4, -0.2) is 59.4 Å². The van der Waals surface area contributed by atoms with Crippen molar-refractivity contribution in [1.29, 1.82) is 0 Å². The normalized spacial score (nSPS) is 41.8. The first kappa shape index (κ1) is 14.3. The molecule has 2 N–H and O–H groups in total. The number of ether oxygens (including phenoxy) is 1. The van der Waals surface area contributed by atoms with E-state index in [1.807, 2.05) is 6.92 Å². The molecule has 3 fully saturated rings. The van der Waals surface area contributed by atoms with E-state index in [-0.39, 0.29) is 0 Å². The van der Waals surface area contributed by atoms with Gasteiger partial charge >= 0.3 is 5.97 Å². The fraction of sp³-hybridized carbons (Fsp3) is 0.933. The molecule has 5 heteroatoms. The molecule has 2 heterocycles. The van der Waals surface area contributed by atoms with E-state index in [0.717, 1.165) is 38.8 Å². The number of hydrogen-bond acceptors (Lipinski definition) is 4. The number of nitrogens with one attached hydrogen (secondary N) is 1. The molecule has 2 bridgehead atoms. The van der Waals surface area contributed by atoms with Crippen LogP contribution in [-0.2, 0) is 9.53 Å². The standard InChI is InChI=1S/C15H26N2O3/c1-2-16-15(14(18)19)7-3-4-11(8-15)17-9-12-5-6-13(10-17)20-12/h11-13,16H,2-10H2,1H3,(H,18,19). The van der Waals surface area contributed by atoms with Crippen molar-refractivity contribution in [2.75, 3.05) is 19.6 Å². The smallest absolute Gasteiger partial charge is 0.323 e. The molecule has 1 aliphatic carbocycles. The first-order valence-corrected chi connectivity index (χ1v) is 8.01. The van der Waals surface area contributed by atoms with E-state index in [1.54, 1.807) is 0 Å². The van der Waals surface area contributed by atoms with Crippen LogP contribution in [0.3, 0.4) is 0 Å². The minimum absolute atomic E-state index is 0.383. The Kier molecular flexibility index (Phi) is 4.02. The van der Waals surface area contributed by atoms with Crippen LogP contribution in [0.15, 0.2) is 0 Å². The number of fused-ring (bicyclic) bond motifs is 2. The fourth-order valence-corrected chi connectivity index (χ4v) is 4.27. The third kappa shape index (κ3) is 2.59. The van der Waals surface area contributed by atoms with E-state index in [2.05, 4.69) is 10.2 Å². The summed E-state index contributed by atoms with van der Waals surface area (Å²) in [5, 5.41) is 12.9. The Bertz CT molecular complexity index is 360. The van der Waals surface area contributed by atoms with Gasteiger partial charge in [0.05, 0.1) is 12.2 Å². The Balaban J connectivity index is 1.69. The lowest BCUT2D eigenvalue weighted by atomic mass is 9.78. The van der Waals surface area contributed by atoms with Gasteiger partial charge < -0.3 is 15.2 Å². The number of nitrogens with zero attached hydrogens (tertiary/aromatic N) is 1. The van der Waals surface area contributed by atoms with Crippen LogP contribution in [0, 0.1) is 0 Å². The molecular weight excluding hydrogens is 256 g/mol. The zero-order valence-electron chi connectivity index (χ0n) is 12.3. The van der Waals surface area contributed by atoms with E-state index in [1.165, 1.54) is 12.8 Å². The molecule has 3 rings (SSSR count). The number of hydrogen-bond donors (Lipinski definition) is 2. The van der Waals surface area contributed by atoms with Crippen LogP contribution in [0.2, 0.25) is 0 Å². The summed E-state index contributed by atoms with van der Waals surface area (Å²) in [5.41, 5.74) is -0.713. The largest absolute Gasteiger partial charge is 0.480 e. The Labute approximate surface area is 120 Å². The van der Waals surface area contributed by atoms with Crippen molar-refractivity contribution in [1.82, 2.24) is 10.2 Å². The highest BCUT2D eigenvalue weighted by molar-refractivity contribution is 5.79. The highest BCUT2D eigenvalue weighted by Crippen LogP contribution is 2.35. The van der Waals surface area contributed by atoms with Crippen molar-refractivity contribution in [3.05, 3.63) is 0 Å². The quantitative estimate of drug-likeness (QED) is 0.812. The molecule has 0 aromatic rings. The molecular formula is C15H26N2O3. The summed E-state index contributed by atoms with van der Waals surface area (Å²) in [6.45, 7) is 4.68. The molecule has 0 amide bonds. The number of carboxylic acids is 1. The van der Waals surface area contributed by atoms with Gasteiger partial charge in [0.1, 0.15) is 5.54 Å². The van der Waals surface area contributed by atoms with Crippen molar-refractivity contribution in [2.24, 2.45) is 0 Å². The van der Waals surface area contributed by atoms with E-state index in [0.29, 0.717) is 24.8 Å². The van der Waals surface area contributed by atoms with Gasteiger partial charge in [0, 0.05) is 19.1 Å². The average molecular weight is 282 g/mol. The molecule has 20 heavy (non-hydrogen) atoms. The van der Waals surface area contributed by atoms with Gasteiger partial charge in [-0.3, -0.25) is 9.69 Å². The highest BCUT2D eigenvalue weighted by Gasteiger charge is 2.45. The van der Waals surface area contributed by atoms with Crippen molar-refractivity contribution in [3.63, 3.8) is 0 Å². The number of rotatable bonds is 4. The maximum atomic E-state index is 11.7. The summed E-state index contributed by atoms with van der Waals surface area (Å²) >= 11 is 0. The zero-order valence-corrected chi connectivity index (χ0v) is 12.3. The van der Waals surface area contributed by atoms with E-state index in [4.69, 9.17) is 4.74 Å². The van der Waals surface area contributed by atoms with Gasteiger partial charge in [-0.25, -0.2) is 0 Å². The minimum atomic E-state index is -0.713. The number of carboxylic acid groups (broad SMARTS) is 1. The lowest BCUT2D eigenvalue weighted by Crippen LogP contribution is -2.60. The van der Waals surface area contributed by atoms with Gasteiger partial charge in [-0.05, 0) is 45.1 Å². The van der Waals surface area contributed by atoms with Gasteiger partial charge in [-0.15, -0.1) is 0 Å². The van der Waals surface area contributed by atoms with Gasteiger partial charge in [0.2, 0.25) is 0 Å². The average Bonchev–Trinajstić information content (AvgIpc) is 2.78. The van der Waals surface area contributed by atoms with Crippen molar-refractivity contribution in [2.45, 2.75) is 69.2 Å². The van der Waals surface area contributed by atoms with E-state index < -0.39 is 11.5 Å². The Morgan fingerprint density at radius 3 is 2.65 bits per heavy atom. The molecule has 0 radical (unpaired) electrons.